The first-order valence-corrected chi connectivity index (χ1v) is 4.76. The molecule has 5 nitrogen and oxygen atoms in total. The maximum Gasteiger partial charge on any atom is 0.433 e. The summed E-state index contributed by atoms with van der Waals surface area (Å²) in [7, 11) is 0. The van der Waals surface area contributed by atoms with Gasteiger partial charge < -0.3 is 4.74 Å². The molecule has 1 fully saturated rings. The van der Waals surface area contributed by atoms with Crippen molar-refractivity contribution in [2.75, 3.05) is 0 Å². The van der Waals surface area contributed by atoms with Crippen molar-refractivity contribution >= 4 is 5.69 Å². The lowest BCUT2D eigenvalue weighted by molar-refractivity contribution is -0.386. The summed E-state index contributed by atoms with van der Waals surface area (Å²) in [5.41, 5.74) is -2.01. The number of ether oxygens (including phenoxy) is 1. The second-order valence-electron chi connectivity index (χ2n) is 3.61. The van der Waals surface area contributed by atoms with E-state index < -0.39 is 22.5 Å². The van der Waals surface area contributed by atoms with Gasteiger partial charge in [-0.1, -0.05) is 0 Å². The van der Waals surface area contributed by atoms with E-state index in [1.54, 1.807) is 0 Å². The second-order valence-corrected chi connectivity index (χ2v) is 3.61. The van der Waals surface area contributed by atoms with Gasteiger partial charge in [-0.2, -0.15) is 13.2 Å². The molecule has 0 saturated heterocycles. The summed E-state index contributed by atoms with van der Waals surface area (Å²) >= 11 is 0. The highest BCUT2D eigenvalue weighted by Gasteiger charge is 2.36. The number of halogens is 3. The van der Waals surface area contributed by atoms with E-state index in [4.69, 9.17) is 4.74 Å². The molecule has 0 N–H and O–H groups in total. The van der Waals surface area contributed by atoms with Gasteiger partial charge in [0.2, 0.25) is 5.75 Å². The van der Waals surface area contributed by atoms with Crippen molar-refractivity contribution < 1.29 is 22.8 Å². The Balaban J connectivity index is 2.36. The van der Waals surface area contributed by atoms with Crippen molar-refractivity contribution in [2.45, 2.75) is 25.1 Å². The third-order valence-electron chi connectivity index (χ3n) is 2.15. The predicted octanol–water partition coefficient (Wildman–Crippen LogP) is 2.55. The number of hydrogen-bond donors (Lipinski definition) is 0. The van der Waals surface area contributed by atoms with Gasteiger partial charge in [0.15, 0.2) is 5.69 Å². The smallest absolute Gasteiger partial charge is 0.433 e. The van der Waals surface area contributed by atoms with Crippen LogP contribution in [0.3, 0.4) is 0 Å². The van der Waals surface area contributed by atoms with Crippen LogP contribution in [0, 0.1) is 10.1 Å². The Morgan fingerprint density at radius 2 is 2.12 bits per heavy atom. The molecule has 8 heteroatoms. The first-order valence-electron chi connectivity index (χ1n) is 4.76. The minimum atomic E-state index is -4.71. The molecular formula is C9H7F3N2O3. The normalized spacial score (nSPS) is 15.7. The Morgan fingerprint density at radius 1 is 1.47 bits per heavy atom. The fraction of sp³-hybridized carbons (Fsp3) is 0.444. The quantitative estimate of drug-likeness (QED) is 0.609. The van der Waals surface area contributed by atoms with E-state index in [9.17, 15) is 23.3 Å². The number of pyridine rings is 1. The molecule has 1 aliphatic rings. The maximum absolute atomic E-state index is 12.3. The molecule has 0 radical (unpaired) electrons. The molecule has 17 heavy (non-hydrogen) atoms. The molecule has 1 aromatic rings. The van der Waals surface area contributed by atoms with Crippen LogP contribution in [0.15, 0.2) is 12.3 Å². The summed E-state index contributed by atoms with van der Waals surface area (Å²) in [5, 5.41) is 10.6. The molecule has 0 amide bonds. The van der Waals surface area contributed by atoms with Gasteiger partial charge in [-0.05, 0) is 12.8 Å². The number of alkyl halides is 3. The van der Waals surface area contributed by atoms with E-state index in [-0.39, 0.29) is 11.9 Å². The zero-order valence-corrected chi connectivity index (χ0v) is 8.40. The molecular weight excluding hydrogens is 241 g/mol. The van der Waals surface area contributed by atoms with Crippen molar-refractivity contribution in [2.24, 2.45) is 0 Å². The van der Waals surface area contributed by atoms with Gasteiger partial charge in [0.25, 0.3) is 0 Å². The average molecular weight is 248 g/mol. The fourth-order valence-corrected chi connectivity index (χ4v) is 1.19. The monoisotopic (exact) mass is 248 g/mol. The molecule has 1 heterocycles. The van der Waals surface area contributed by atoms with E-state index in [0.29, 0.717) is 6.07 Å². The Hall–Kier alpha value is -1.86. The van der Waals surface area contributed by atoms with Crippen molar-refractivity contribution in [3.8, 4) is 5.75 Å². The van der Waals surface area contributed by atoms with Gasteiger partial charge in [-0.3, -0.25) is 10.1 Å². The van der Waals surface area contributed by atoms with Gasteiger partial charge in [0, 0.05) is 0 Å². The Bertz CT molecular complexity index is 457. The molecule has 0 spiro atoms. The summed E-state index contributed by atoms with van der Waals surface area (Å²) in [4.78, 5) is 12.8. The molecule has 0 unspecified atom stereocenters. The number of rotatable bonds is 3. The van der Waals surface area contributed by atoms with Gasteiger partial charge in [0.05, 0.1) is 23.3 Å². The first kappa shape index (κ1) is 11.6. The summed E-state index contributed by atoms with van der Waals surface area (Å²) in [5.74, 6) is -0.217. The number of hydrogen-bond acceptors (Lipinski definition) is 4. The van der Waals surface area contributed by atoms with E-state index in [0.717, 1.165) is 19.0 Å². The van der Waals surface area contributed by atoms with Crippen LogP contribution in [0.5, 0.6) is 5.75 Å². The van der Waals surface area contributed by atoms with E-state index >= 15 is 0 Å². The number of nitro groups is 1. The minimum absolute atomic E-state index is 0.146. The zero-order valence-electron chi connectivity index (χ0n) is 8.40. The van der Waals surface area contributed by atoms with Crippen molar-refractivity contribution in [1.29, 1.82) is 0 Å². The Kier molecular flexibility index (Phi) is 2.64. The number of nitrogens with zero attached hydrogens (tertiary/aromatic N) is 2. The molecule has 1 aromatic heterocycles. The third kappa shape index (κ3) is 2.63. The van der Waals surface area contributed by atoms with Crippen LogP contribution in [-0.4, -0.2) is 16.0 Å². The molecule has 0 atom stereocenters. The Morgan fingerprint density at radius 3 is 2.59 bits per heavy atom. The summed E-state index contributed by atoms with van der Waals surface area (Å²) in [6.07, 6.45) is -2.61. The SMILES string of the molecule is O=[N+]([O-])c1cc(C(F)(F)F)ncc1OC1CC1. The second kappa shape index (κ2) is 3.86. The van der Waals surface area contributed by atoms with Crippen LogP contribution in [0.25, 0.3) is 0 Å². The predicted molar refractivity (Wildman–Crippen MR) is 49.5 cm³/mol. The van der Waals surface area contributed by atoms with E-state index in [2.05, 4.69) is 4.98 Å². The first-order chi connectivity index (χ1) is 7.88. The standard InChI is InChI=1S/C9H7F3N2O3/c10-9(11,12)8-3-6(14(15)16)7(4-13-8)17-5-1-2-5/h3-5H,1-2H2. The lowest BCUT2D eigenvalue weighted by atomic mass is 10.3. The largest absolute Gasteiger partial charge is 0.482 e. The van der Waals surface area contributed by atoms with E-state index in [1.165, 1.54) is 0 Å². The van der Waals surface area contributed by atoms with Gasteiger partial charge in [0.1, 0.15) is 0 Å². The molecule has 0 aliphatic heterocycles. The summed E-state index contributed by atoms with van der Waals surface area (Å²) in [6.45, 7) is 0. The minimum Gasteiger partial charge on any atom is -0.482 e. The zero-order chi connectivity index (χ0) is 12.6. The molecule has 0 bridgehead atoms. The number of aromatic nitrogens is 1. The Labute approximate surface area is 93.4 Å². The third-order valence-corrected chi connectivity index (χ3v) is 2.15. The van der Waals surface area contributed by atoms with Crippen LogP contribution < -0.4 is 4.74 Å². The lowest BCUT2D eigenvalue weighted by Crippen LogP contribution is -2.10. The summed E-state index contributed by atoms with van der Waals surface area (Å²) in [6, 6.07) is 0.387. The molecule has 1 saturated carbocycles. The van der Waals surface area contributed by atoms with Gasteiger partial charge in [-0.25, -0.2) is 4.98 Å². The average Bonchev–Trinajstić information content (AvgIpc) is 3.00. The van der Waals surface area contributed by atoms with Gasteiger partial charge >= 0.3 is 11.9 Å². The fourth-order valence-electron chi connectivity index (χ4n) is 1.19. The van der Waals surface area contributed by atoms with Crippen LogP contribution in [0.4, 0.5) is 18.9 Å². The van der Waals surface area contributed by atoms with Gasteiger partial charge in [-0.15, -0.1) is 0 Å². The van der Waals surface area contributed by atoms with Crippen molar-refractivity contribution in [3.63, 3.8) is 0 Å². The molecule has 0 aromatic carbocycles. The van der Waals surface area contributed by atoms with Crippen LogP contribution in [0.2, 0.25) is 0 Å². The lowest BCUT2D eigenvalue weighted by Gasteiger charge is -2.08. The molecule has 1 aliphatic carbocycles. The van der Waals surface area contributed by atoms with E-state index in [1.807, 2.05) is 0 Å². The molecule has 2 rings (SSSR count). The van der Waals surface area contributed by atoms with Crippen molar-refractivity contribution in [1.82, 2.24) is 4.98 Å². The topological polar surface area (TPSA) is 65.3 Å². The van der Waals surface area contributed by atoms with Crippen LogP contribution in [-0.2, 0) is 6.18 Å². The highest BCUT2D eigenvalue weighted by atomic mass is 19.4. The highest BCUT2D eigenvalue weighted by molar-refractivity contribution is 5.46. The van der Waals surface area contributed by atoms with Crippen LogP contribution in [0.1, 0.15) is 18.5 Å². The van der Waals surface area contributed by atoms with Crippen LogP contribution >= 0.6 is 0 Å². The highest BCUT2D eigenvalue weighted by Crippen LogP contribution is 2.36. The molecule has 92 valence electrons. The van der Waals surface area contributed by atoms with Crippen molar-refractivity contribution in [3.05, 3.63) is 28.1 Å². The summed E-state index contributed by atoms with van der Waals surface area (Å²) < 4.78 is 42.0. The maximum atomic E-state index is 12.3.